The zero-order chi connectivity index (χ0) is 5.70. The van der Waals surface area contributed by atoms with Crippen LogP contribution >= 0.6 is 28.6 Å². The lowest BCUT2D eigenvalue weighted by Crippen LogP contribution is -1.46. The van der Waals surface area contributed by atoms with Gasteiger partial charge in [0.1, 0.15) is 0 Å². The lowest BCUT2D eigenvalue weighted by atomic mass is 10.5. The van der Waals surface area contributed by atoms with E-state index >= 15 is 0 Å². The maximum Gasteiger partial charge on any atom is 0.0472 e. The fourth-order valence-electron chi connectivity index (χ4n) is 0.176. The van der Waals surface area contributed by atoms with Crippen LogP contribution in [-0.2, 0) is 0 Å². The van der Waals surface area contributed by atoms with Gasteiger partial charge in [0.25, 0.3) is 0 Å². The van der Waals surface area contributed by atoms with Gasteiger partial charge in [-0.2, -0.15) is 0 Å². The van der Waals surface area contributed by atoms with Gasteiger partial charge < -0.3 is 0 Å². The lowest BCUT2D eigenvalue weighted by molar-refractivity contribution is 1.74. The van der Waals surface area contributed by atoms with Crippen LogP contribution in [0.15, 0.2) is 22.0 Å². The zero-order valence-electron chi connectivity index (χ0n) is 4.06. The van der Waals surface area contributed by atoms with Gasteiger partial charge in [0.2, 0.25) is 0 Å². The smallest absolute Gasteiger partial charge is 0.0472 e. The molecule has 0 fully saturated rings. The van der Waals surface area contributed by atoms with Gasteiger partial charge in [0.15, 0.2) is 0 Å². The molecule has 0 atom stereocenters. The Balaban J connectivity index is 3.46. The summed E-state index contributed by atoms with van der Waals surface area (Å²) in [6.07, 6.45) is 5.72. The minimum absolute atomic E-state index is 0.852. The van der Waals surface area contributed by atoms with Gasteiger partial charge >= 0.3 is 0 Å². The summed E-state index contributed by atoms with van der Waals surface area (Å²) in [6, 6.07) is 0. The molecule has 0 aromatic rings. The van der Waals surface area contributed by atoms with Crippen molar-refractivity contribution in [2.75, 3.05) is 0 Å². The van der Waals surface area contributed by atoms with Gasteiger partial charge in [-0.3, -0.25) is 0 Å². The van der Waals surface area contributed by atoms with Crippen LogP contribution in [-0.4, -0.2) is 0 Å². The van der Waals surface area contributed by atoms with E-state index in [1.807, 2.05) is 25.2 Å². The Morgan fingerprint density at radius 1 is 1.71 bits per heavy atom. The predicted octanol–water partition coefficient (Wildman–Crippen LogP) is 2.73. The summed E-state index contributed by atoms with van der Waals surface area (Å²) in [4.78, 5) is 0. The number of halogens is 1. The Morgan fingerprint density at radius 2 is 2.29 bits per heavy atom. The van der Waals surface area contributed by atoms with Crippen molar-refractivity contribution < 1.29 is 0 Å². The zero-order valence-corrected chi connectivity index (χ0v) is 6.54. The molecule has 0 aliphatic rings. The molecule has 0 saturated heterocycles. The molecule has 0 aliphatic heterocycles. The van der Waals surface area contributed by atoms with Crippen molar-refractivity contribution in [3.8, 4) is 0 Å². The highest BCUT2D eigenvalue weighted by molar-refractivity contribution is 9.13. The Kier molecular flexibility index (Phi) is 4.67. The molecule has 40 valence electrons. The second-order valence-corrected chi connectivity index (χ2v) is 2.96. The van der Waals surface area contributed by atoms with Crippen LogP contribution in [0.25, 0.3) is 0 Å². The number of hydrogen-bond donors (Lipinski definition) is 1. The molecule has 0 aromatic heterocycles. The third kappa shape index (κ3) is 6.31. The Morgan fingerprint density at radius 3 is 2.43 bits per heavy atom. The van der Waals surface area contributed by atoms with E-state index in [0.717, 1.165) is 3.81 Å². The molecule has 0 aromatic carbocycles. The maximum atomic E-state index is 3.96. The SMILES string of the molecule is C/C=C/C=C(\S)Br. The molecule has 0 saturated carbocycles. The first-order valence-electron chi connectivity index (χ1n) is 1.95. The molecular weight excluding hydrogens is 172 g/mol. The lowest BCUT2D eigenvalue weighted by Gasteiger charge is -1.74. The third-order valence-electron chi connectivity index (χ3n) is 0.426. The van der Waals surface area contributed by atoms with Crippen LogP contribution in [0.3, 0.4) is 0 Å². The Hall–Kier alpha value is 0.310. The van der Waals surface area contributed by atoms with Crippen molar-refractivity contribution >= 4 is 28.6 Å². The van der Waals surface area contributed by atoms with Crippen LogP contribution < -0.4 is 0 Å². The molecule has 0 amide bonds. The molecular formula is C5H7BrS. The third-order valence-corrected chi connectivity index (χ3v) is 0.840. The van der Waals surface area contributed by atoms with E-state index in [0.29, 0.717) is 0 Å². The maximum absolute atomic E-state index is 3.96. The highest BCUT2D eigenvalue weighted by Gasteiger charge is 1.69. The number of thiol groups is 1. The van der Waals surface area contributed by atoms with E-state index in [9.17, 15) is 0 Å². The van der Waals surface area contributed by atoms with E-state index in [-0.39, 0.29) is 0 Å². The van der Waals surface area contributed by atoms with Crippen molar-refractivity contribution in [3.63, 3.8) is 0 Å². The summed E-state index contributed by atoms with van der Waals surface area (Å²) in [6.45, 7) is 1.96. The summed E-state index contributed by atoms with van der Waals surface area (Å²) in [5.41, 5.74) is 0. The Bertz CT molecular complexity index is 90.3. The highest BCUT2D eigenvalue weighted by Crippen LogP contribution is 2.07. The van der Waals surface area contributed by atoms with Gasteiger partial charge in [-0.25, -0.2) is 0 Å². The number of hydrogen-bond acceptors (Lipinski definition) is 1. The molecule has 7 heavy (non-hydrogen) atoms. The van der Waals surface area contributed by atoms with Crippen molar-refractivity contribution in [1.82, 2.24) is 0 Å². The first kappa shape index (κ1) is 7.31. The van der Waals surface area contributed by atoms with Crippen LogP contribution in [0.1, 0.15) is 6.92 Å². The van der Waals surface area contributed by atoms with Crippen LogP contribution in [0.4, 0.5) is 0 Å². The quantitative estimate of drug-likeness (QED) is 0.464. The molecule has 0 rings (SSSR count). The number of allylic oxidation sites excluding steroid dienone is 3. The van der Waals surface area contributed by atoms with Gasteiger partial charge in [-0.05, 0) is 28.9 Å². The highest BCUT2D eigenvalue weighted by atomic mass is 79.9. The second-order valence-electron chi connectivity index (χ2n) is 1.02. The second kappa shape index (κ2) is 4.47. The molecule has 0 radical (unpaired) electrons. The first-order chi connectivity index (χ1) is 3.27. The normalized spacial score (nSPS) is 13.3. The van der Waals surface area contributed by atoms with Crippen LogP contribution in [0.5, 0.6) is 0 Å². The van der Waals surface area contributed by atoms with Gasteiger partial charge in [0.05, 0.1) is 0 Å². The molecule has 0 spiro atoms. The summed E-state index contributed by atoms with van der Waals surface area (Å²) < 4.78 is 0.852. The average Bonchev–Trinajstić information content (AvgIpc) is 1.61. The van der Waals surface area contributed by atoms with E-state index in [1.54, 1.807) is 0 Å². The summed E-state index contributed by atoms with van der Waals surface area (Å²) in [5, 5.41) is 0. The topological polar surface area (TPSA) is 0 Å². The minimum Gasteiger partial charge on any atom is -0.136 e. The number of rotatable bonds is 1. The fraction of sp³-hybridized carbons (Fsp3) is 0.200. The molecule has 0 N–H and O–H groups in total. The van der Waals surface area contributed by atoms with Crippen molar-refractivity contribution in [1.29, 1.82) is 0 Å². The summed E-state index contributed by atoms with van der Waals surface area (Å²) in [5.74, 6) is 0. The minimum atomic E-state index is 0.852. The average molecular weight is 179 g/mol. The molecule has 0 aliphatic carbocycles. The molecule has 0 heterocycles. The van der Waals surface area contributed by atoms with E-state index in [4.69, 9.17) is 0 Å². The standard InChI is InChI=1S/C5H7BrS/c1-2-3-4-5(6)7/h2-4,7H,1H3/b3-2+,5-4-. The van der Waals surface area contributed by atoms with E-state index < -0.39 is 0 Å². The molecule has 2 heteroatoms. The predicted molar refractivity (Wildman–Crippen MR) is 40.8 cm³/mol. The van der Waals surface area contributed by atoms with E-state index in [2.05, 4.69) is 28.6 Å². The van der Waals surface area contributed by atoms with Crippen LogP contribution in [0, 0.1) is 0 Å². The summed E-state index contributed by atoms with van der Waals surface area (Å²) in [7, 11) is 0. The van der Waals surface area contributed by atoms with Crippen molar-refractivity contribution in [2.45, 2.75) is 6.92 Å². The molecule has 0 unspecified atom stereocenters. The van der Waals surface area contributed by atoms with Crippen molar-refractivity contribution in [3.05, 3.63) is 22.0 Å². The monoisotopic (exact) mass is 178 g/mol. The molecule has 0 bridgehead atoms. The van der Waals surface area contributed by atoms with Crippen LogP contribution in [0.2, 0.25) is 0 Å². The Labute approximate surface area is 57.8 Å². The van der Waals surface area contributed by atoms with Gasteiger partial charge in [0, 0.05) is 3.81 Å². The largest absolute Gasteiger partial charge is 0.136 e. The molecule has 0 nitrogen and oxygen atoms in total. The van der Waals surface area contributed by atoms with Gasteiger partial charge in [-0.1, -0.05) is 12.2 Å². The summed E-state index contributed by atoms with van der Waals surface area (Å²) >= 11 is 7.11. The van der Waals surface area contributed by atoms with E-state index in [1.165, 1.54) is 0 Å². The first-order valence-corrected chi connectivity index (χ1v) is 3.19. The van der Waals surface area contributed by atoms with Gasteiger partial charge in [-0.15, -0.1) is 12.6 Å². The fourth-order valence-corrected chi connectivity index (χ4v) is 0.414. The van der Waals surface area contributed by atoms with Crippen molar-refractivity contribution in [2.24, 2.45) is 0 Å².